The number of nitrogens with one attached hydrogen (secondary N) is 1. The number of benzene rings is 1. The Balaban J connectivity index is 1.60. The third-order valence-corrected chi connectivity index (χ3v) is 4.49. The van der Waals surface area contributed by atoms with Crippen LogP contribution < -0.4 is 5.32 Å². The van der Waals surface area contributed by atoms with Crippen LogP contribution in [0.4, 0.5) is 9.59 Å². The molecule has 1 saturated heterocycles. The summed E-state index contributed by atoms with van der Waals surface area (Å²) in [5.41, 5.74) is 0.807. The molecular formula is C17H20N2O5. The van der Waals surface area contributed by atoms with E-state index in [9.17, 15) is 14.4 Å². The normalized spacial score (nSPS) is 18.0. The lowest BCUT2D eigenvalue weighted by Gasteiger charge is -2.19. The number of nitrogens with zero attached hydrogens (tertiary/aromatic N) is 1. The highest BCUT2D eigenvalue weighted by Crippen LogP contribution is 2.45. The lowest BCUT2D eigenvalue weighted by Crippen LogP contribution is -2.39. The molecule has 1 heterocycles. The maximum Gasteiger partial charge on any atom is 0.418 e. The summed E-state index contributed by atoms with van der Waals surface area (Å²) in [5.74, 6) is -0.407. The highest BCUT2D eigenvalue weighted by atomic mass is 16.6. The van der Waals surface area contributed by atoms with Gasteiger partial charge >= 0.3 is 18.2 Å². The number of alkyl carbamates (subject to hydrolysis) is 1. The summed E-state index contributed by atoms with van der Waals surface area (Å²) in [4.78, 5) is 36.8. The molecule has 2 amide bonds. The molecule has 2 fully saturated rings. The molecule has 7 nitrogen and oxygen atoms in total. The second-order valence-corrected chi connectivity index (χ2v) is 6.13. The van der Waals surface area contributed by atoms with Crippen LogP contribution in [-0.2, 0) is 15.0 Å². The van der Waals surface area contributed by atoms with Crippen LogP contribution in [0.5, 0.6) is 0 Å². The zero-order valence-corrected chi connectivity index (χ0v) is 13.5. The van der Waals surface area contributed by atoms with Crippen LogP contribution in [0.1, 0.15) is 41.6 Å². The van der Waals surface area contributed by atoms with Crippen LogP contribution in [0.2, 0.25) is 0 Å². The summed E-state index contributed by atoms with van der Waals surface area (Å²) in [6.07, 6.45) is 2.07. The Hall–Kier alpha value is -2.57. The molecule has 7 heteroatoms. The van der Waals surface area contributed by atoms with E-state index >= 15 is 0 Å². The molecule has 0 atom stereocenters. The van der Waals surface area contributed by atoms with Gasteiger partial charge in [-0.15, -0.1) is 0 Å². The molecule has 2 aliphatic rings. The predicted molar refractivity (Wildman–Crippen MR) is 84.5 cm³/mol. The molecular weight excluding hydrogens is 312 g/mol. The SMILES string of the molecule is COC(=O)c1ccc(C2(NC(=O)OC(=O)N3CCCC3)CC2)cc1. The van der Waals surface area contributed by atoms with Gasteiger partial charge in [0, 0.05) is 13.1 Å². The minimum atomic E-state index is -0.735. The molecule has 0 aromatic heterocycles. The van der Waals surface area contributed by atoms with Gasteiger partial charge < -0.3 is 19.7 Å². The molecule has 1 aliphatic heterocycles. The van der Waals surface area contributed by atoms with Crippen LogP contribution in [0.25, 0.3) is 0 Å². The molecule has 1 aromatic carbocycles. The minimum Gasteiger partial charge on any atom is -0.465 e. The van der Waals surface area contributed by atoms with Gasteiger partial charge in [-0.05, 0) is 43.4 Å². The van der Waals surface area contributed by atoms with Crippen molar-refractivity contribution in [2.75, 3.05) is 20.2 Å². The zero-order chi connectivity index (χ0) is 17.2. The number of carbonyl (C=O) groups excluding carboxylic acids is 3. The molecule has 1 aromatic rings. The second-order valence-electron chi connectivity index (χ2n) is 6.13. The van der Waals surface area contributed by atoms with Crippen LogP contribution in [0, 0.1) is 0 Å². The lowest BCUT2D eigenvalue weighted by atomic mass is 10.0. The summed E-state index contributed by atoms with van der Waals surface area (Å²) in [6.45, 7) is 1.26. The van der Waals surface area contributed by atoms with E-state index < -0.39 is 23.7 Å². The molecule has 128 valence electrons. The van der Waals surface area contributed by atoms with E-state index in [-0.39, 0.29) is 0 Å². The summed E-state index contributed by atoms with van der Waals surface area (Å²) in [5, 5.41) is 2.78. The van der Waals surface area contributed by atoms with E-state index in [2.05, 4.69) is 10.1 Å². The van der Waals surface area contributed by atoms with Crippen molar-refractivity contribution < 1.29 is 23.9 Å². The van der Waals surface area contributed by atoms with Crippen molar-refractivity contribution in [1.82, 2.24) is 10.2 Å². The number of ether oxygens (including phenoxy) is 2. The highest BCUT2D eigenvalue weighted by Gasteiger charge is 2.46. The predicted octanol–water partition coefficient (Wildman–Crippen LogP) is 2.40. The Kier molecular flexibility index (Phi) is 4.42. The van der Waals surface area contributed by atoms with Crippen molar-refractivity contribution in [2.45, 2.75) is 31.2 Å². The quantitative estimate of drug-likeness (QED) is 0.678. The monoisotopic (exact) mass is 332 g/mol. The Morgan fingerprint density at radius 1 is 1.08 bits per heavy atom. The summed E-state index contributed by atoms with van der Waals surface area (Å²) >= 11 is 0. The summed E-state index contributed by atoms with van der Waals surface area (Å²) in [7, 11) is 1.33. The maximum atomic E-state index is 12.0. The Morgan fingerprint density at radius 2 is 1.71 bits per heavy atom. The van der Waals surface area contributed by atoms with Crippen molar-refractivity contribution >= 4 is 18.2 Å². The molecule has 0 unspecified atom stereocenters. The van der Waals surface area contributed by atoms with Gasteiger partial charge in [-0.1, -0.05) is 12.1 Å². The Bertz CT molecular complexity index is 645. The van der Waals surface area contributed by atoms with E-state index in [1.807, 2.05) is 0 Å². The molecule has 0 bridgehead atoms. The summed E-state index contributed by atoms with van der Waals surface area (Å²) < 4.78 is 9.54. The molecule has 0 spiro atoms. The standard InChI is InChI=1S/C17H20N2O5/c1-23-14(20)12-4-6-13(7-5-12)17(8-9-17)18-15(21)24-16(22)19-10-2-3-11-19/h4-7H,2-3,8-11H2,1H3,(H,18,21). The molecule has 1 saturated carbocycles. The van der Waals surface area contributed by atoms with E-state index in [0.29, 0.717) is 18.7 Å². The van der Waals surface area contributed by atoms with Gasteiger partial charge in [0.15, 0.2) is 0 Å². The van der Waals surface area contributed by atoms with E-state index in [1.54, 1.807) is 24.3 Å². The Morgan fingerprint density at radius 3 is 2.25 bits per heavy atom. The van der Waals surface area contributed by atoms with Crippen molar-refractivity contribution in [2.24, 2.45) is 0 Å². The smallest absolute Gasteiger partial charge is 0.418 e. The first-order chi connectivity index (χ1) is 11.5. The zero-order valence-electron chi connectivity index (χ0n) is 13.5. The van der Waals surface area contributed by atoms with Crippen molar-refractivity contribution in [3.05, 3.63) is 35.4 Å². The van der Waals surface area contributed by atoms with Crippen LogP contribution in [0.15, 0.2) is 24.3 Å². The second kappa shape index (κ2) is 6.51. The van der Waals surface area contributed by atoms with Gasteiger partial charge in [-0.2, -0.15) is 0 Å². The third kappa shape index (κ3) is 3.34. The van der Waals surface area contributed by atoms with E-state index in [1.165, 1.54) is 12.0 Å². The van der Waals surface area contributed by atoms with E-state index in [4.69, 9.17) is 4.74 Å². The first-order valence-electron chi connectivity index (χ1n) is 8.02. The first-order valence-corrected chi connectivity index (χ1v) is 8.02. The topological polar surface area (TPSA) is 84.9 Å². The fourth-order valence-corrected chi connectivity index (χ4v) is 2.92. The minimum absolute atomic E-state index is 0.407. The van der Waals surface area contributed by atoms with Crippen molar-refractivity contribution in [1.29, 1.82) is 0 Å². The van der Waals surface area contributed by atoms with Gasteiger partial charge in [0.05, 0.1) is 18.2 Å². The average Bonchev–Trinajstić information content (AvgIpc) is 3.14. The van der Waals surface area contributed by atoms with Gasteiger partial charge in [0.2, 0.25) is 0 Å². The molecule has 1 N–H and O–H groups in total. The van der Waals surface area contributed by atoms with Crippen molar-refractivity contribution in [3.8, 4) is 0 Å². The number of methoxy groups -OCH3 is 1. The molecule has 3 rings (SSSR count). The number of carbonyl (C=O) groups is 3. The first kappa shape index (κ1) is 16.3. The van der Waals surface area contributed by atoms with Crippen LogP contribution >= 0.6 is 0 Å². The van der Waals surface area contributed by atoms with Crippen LogP contribution in [0.3, 0.4) is 0 Å². The highest BCUT2D eigenvalue weighted by molar-refractivity contribution is 5.89. The van der Waals surface area contributed by atoms with Gasteiger partial charge in [0.25, 0.3) is 0 Å². The average molecular weight is 332 g/mol. The van der Waals surface area contributed by atoms with Crippen LogP contribution in [-0.4, -0.2) is 43.3 Å². The molecule has 0 radical (unpaired) electrons. The number of rotatable bonds is 3. The van der Waals surface area contributed by atoms with E-state index in [0.717, 1.165) is 31.2 Å². The fourth-order valence-electron chi connectivity index (χ4n) is 2.92. The Labute approximate surface area is 139 Å². The number of amides is 2. The lowest BCUT2D eigenvalue weighted by molar-refractivity contribution is 0.0600. The van der Waals surface area contributed by atoms with Gasteiger partial charge in [-0.25, -0.2) is 14.4 Å². The number of hydrogen-bond acceptors (Lipinski definition) is 5. The number of esters is 1. The van der Waals surface area contributed by atoms with Gasteiger partial charge in [-0.3, -0.25) is 0 Å². The number of likely N-dealkylation sites (tertiary alicyclic amines) is 1. The summed E-state index contributed by atoms with van der Waals surface area (Å²) in [6, 6.07) is 6.87. The fraction of sp³-hybridized carbons (Fsp3) is 0.471. The van der Waals surface area contributed by atoms with Gasteiger partial charge in [0.1, 0.15) is 0 Å². The molecule has 24 heavy (non-hydrogen) atoms. The van der Waals surface area contributed by atoms with Crippen molar-refractivity contribution in [3.63, 3.8) is 0 Å². The largest absolute Gasteiger partial charge is 0.465 e. The number of hydrogen-bond donors (Lipinski definition) is 1. The maximum absolute atomic E-state index is 12.0. The third-order valence-electron chi connectivity index (χ3n) is 4.49. The molecule has 1 aliphatic carbocycles.